The fraction of sp³-hybridized carbons (Fsp3) is 0.286. The van der Waals surface area contributed by atoms with Crippen molar-refractivity contribution in [3.8, 4) is 0 Å². The van der Waals surface area contributed by atoms with Crippen molar-refractivity contribution >= 4 is 24.3 Å². The molecule has 0 bridgehead atoms. The van der Waals surface area contributed by atoms with Crippen LogP contribution in [0.1, 0.15) is 11.3 Å². The molecule has 2 N–H and O–H groups in total. The largest absolute Gasteiger partial charge is 0.444 e. The number of benzene rings is 1. The van der Waals surface area contributed by atoms with Crippen LogP contribution in [0.25, 0.3) is 0 Å². The van der Waals surface area contributed by atoms with Crippen molar-refractivity contribution in [3.05, 3.63) is 47.7 Å². The molecule has 1 amide bonds. The summed E-state index contributed by atoms with van der Waals surface area (Å²) in [6.07, 6.45) is -0.489. The van der Waals surface area contributed by atoms with Crippen LogP contribution in [0, 0.1) is 0 Å². The number of fused-ring (bicyclic) bond motifs is 1. The minimum atomic E-state index is -0.489. The van der Waals surface area contributed by atoms with E-state index in [0.29, 0.717) is 5.82 Å². The number of nitrogens with zero attached hydrogens (tertiary/aromatic N) is 2. The number of carbonyl (C=O) groups is 1. The van der Waals surface area contributed by atoms with Crippen molar-refractivity contribution in [2.45, 2.75) is 19.7 Å². The molecule has 3 rings (SSSR count). The predicted molar refractivity (Wildman–Crippen MR) is 81.4 cm³/mol. The third kappa shape index (κ3) is 3.96. The molecule has 1 aromatic carbocycles. The van der Waals surface area contributed by atoms with Crippen LogP contribution < -0.4 is 10.6 Å². The van der Waals surface area contributed by atoms with Crippen LogP contribution in [-0.4, -0.2) is 22.4 Å². The second kappa shape index (κ2) is 7.10. The summed E-state index contributed by atoms with van der Waals surface area (Å²) in [5.74, 6) is 0.529. The van der Waals surface area contributed by atoms with Crippen molar-refractivity contribution in [3.63, 3.8) is 0 Å². The number of aromatic nitrogens is 2. The molecule has 1 aromatic heterocycles. The Hall–Kier alpha value is -2.05. The standard InChI is InChI=1S/C14H16N4O2.ClH/c19-14(20-10-11-4-2-1-3-5-11)16-13-8-12-9-15-6-7-18(12)17-13;/h1-5,8,15H,6-7,9-10H2,(H,16,17,19);1H. The number of carbonyl (C=O) groups excluding carboxylic acids is 1. The molecule has 2 aromatic rings. The molecule has 6 nitrogen and oxygen atoms in total. The maximum atomic E-state index is 11.7. The second-order valence-electron chi connectivity index (χ2n) is 4.61. The van der Waals surface area contributed by atoms with Crippen LogP contribution in [0.5, 0.6) is 0 Å². The maximum absolute atomic E-state index is 11.7. The zero-order chi connectivity index (χ0) is 13.8. The molecule has 112 valence electrons. The quantitative estimate of drug-likeness (QED) is 0.912. The van der Waals surface area contributed by atoms with E-state index in [1.165, 1.54) is 0 Å². The Kier molecular flexibility index (Phi) is 5.19. The van der Waals surface area contributed by atoms with E-state index in [-0.39, 0.29) is 19.0 Å². The molecule has 0 atom stereocenters. The van der Waals surface area contributed by atoms with Gasteiger partial charge in [0.1, 0.15) is 6.61 Å². The highest BCUT2D eigenvalue weighted by Gasteiger charge is 2.13. The van der Waals surface area contributed by atoms with Gasteiger partial charge in [-0.1, -0.05) is 30.3 Å². The maximum Gasteiger partial charge on any atom is 0.413 e. The van der Waals surface area contributed by atoms with Gasteiger partial charge in [-0.05, 0) is 5.56 Å². The van der Waals surface area contributed by atoms with Crippen molar-refractivity contribution in [1.82, 2.24) is 15.1 Å². The van der Waals surface area contributed by atoms with Crippen LogP contribution >= 0.6 is 12.4 Å². The van der Waals surface area contributed by atoms with E-state index in [9.17, 15) is 4.79 Å². The summed E-state index contributed by atoms with van der Waals surface area (Å²) in [6, 6.07) is 11.4. The van der Waals surface area contributed by atoms with Gasteiger partial charge in [-0.15, -0.1) is 12.4 Å². The molecule has 2 heterocycles. The first-order valence-electron chi connectivity index (χ1n) is 6.56. The molecule has 0 fully saturated rings. The number of nitrogens with one attached hydrogen (secondary N) is 2. The number of rotatable bonds is 3. The van der Waals surface area contributed by atoms with Gasteiger partial charge in [0.25, 0.3) is 0 Å². The van der Waals surface area contributed by atoms with Crippen molar-refractivity contribution in [2.75, 3.05) is 11.9 Å². The zero-order valence-electron chi connectivity index (χ0n) is 11.4. The Morgan fingerprint density at radius 2 is 2.19 bits per heavy atom. The number of anilines is 1. The number of hydrogen-bond acceptors (Lipinski definition) is 4. The Morgan fingerprint density at radius 1 is 1.38 bits per heavy atom. The molecular weight excluding hydrogens is 292 g/mol. The monoisotopic (exact) mass is 308 g/mol. The summed E-state index contributed by atoms with van der Waals surface area (Å²) < 4.78 is 7.04. The Labute approximate surface area is 128 Å². The van der Waals surface area contributed by atoms with Crippen molar-refractivity contribution in [1.29, 1.82) is 0 Å². The molecule has 0 spiro atoms. The van der Waals surface area contributed by atoms with Crippen LogP contribution in [0.15, 0.2) is 36.4 Å². The third-order valence-electron chi connectivity index (χ3n) is 3.11. The molecule has 7 heteroatoms. The van der Waals surface area contributed by atoms with Crippen LogP contribution in [0.3, 0.4) is 0 Å². The Bertz CT molecular complexity index is 577. The normalized spacial score (nSPS) is 13.0. The third-order valence-corrected chi connectivity index (χ3v) is 3.11. The van der Waals surface area contributed by atoms with Gasteiger partial charge in [-0.3, -0.25) is 10.00 Å². The summed E-state index contributed by atoms with van der Waals surface area (Å²) in [6.45, 7) is 2.73. The average Bonchev–Trinajstić information content (AvgIpc) is 2.88. The van der Waals surface area contributed by atoms with Gasteiger partial charge in [0.2, 0.25) is 0 Å². The van der Waals surface area contributed by atoms with E-state index in [2.05, 4.69) is 15.7 Å². The van der Waals surface area contributed by atoms with E-state index in [1.807, 2.05) is 41.1 Å². The lowest BCUT2D eigenvalue weighted by Crippen LogP contribution is -2.28. The van der Waals surface area contributed by atoms with Gasteiger partial charge in [-0.25, -0.2) is 4.79 Å². The van der Waals surface area contributed by atoms with Crippen LogP contribution in [0.4, 0.5) is 10.6 Å². The van der Waals surface area contributed by atoms with E-state index in [1.54, 1.807) is 0 Å². The molecule has 1 aliphatic rings. The van der Waals surface area contributed by atoms with E-state index in [4.69, 9.17) is 4.74 Å². The first kappa shape index (κ1) is 15.3. The smallest absolute Gasteiger partial charge is 0.413 e. The fourth-order valence-corrected chi connectivity index (χ4v) is 2.12. The summed E-state index contributed by atoms with van der Waals surface area (Å²) in [5, 5.41) is 10.2. The van der Waals surface area contributed by atoms with Crippen LogP contribution in [-0.2, 0) is 24.4 Å². The van der Waals surface area contributed by atoms with Gasteiger partial charge in [0.05, 0.1) is 12.2 Å². The fourth-order valence-electron chi connectivity index (χ4n) is 2.12. The number of halogens is 1. The molecule has 21 heavy (non-hydrogen) atoms. The van der Waals surface area contributed by atoms with Gasteiger partial charge >= 0.3 is 6.09 Å². The predicted octanol–water partition coefficient (Wildman–Crippen LogP) is 2.16. The lowest BCUT2D eigenvalue weighted by Gasteiger charge is -2.13. The highest BCUT2D eigenvalue weighted by atomic mass is 35.5. The summed E-state index contributed by atoms with van der Waals surface area (Å²) in [4.78, 5) is 11.7. The van der Waals surface area contributed by atoms with Crippen molar-refractivity contribution in [2.24, 2.45) is 0 Å². The molecule has 0 aliphatic carbocycles. The van der Waals surface area contributed by atoms with E-state index in [0.717, 1.165) is 30.9 Å². The van der Waals surface area contributed by atoms with E-state index >= 15 is 0 Å². The highest BCUT2D eigenvalue weighted by molar-refractivity contribution is 5.85. The minimum absolute atomic E-state index is 0. The van der Waals surface area contributed by atoms with Gasteiger partial charge in [-0.2, -0.15) is 5.10 Å². The molecule has 0 saturated heterocycles. The molecule has 0 unspecified atom stereocenters. The first-order chi connectivity index (χ1) is 9.81. The first-order valence-corrected chi connectivity index (χ1v) is 6.56. The number of amides is 1. The number of ether oxygens (including phenoxy) is 1. The van der Waals surface area contributed by atoms with Gasteiger partial charge < -0.3 is 10.1 Å². The highest BCUT2D eigenvalue weighted by Crippen LogP contribution is 2.12. The molecule has 0 saturated carbocycles. The minimum Gasteiger partial charge on any atom is -0.444 e. The van der Waals surface area contributed by atoms with E-state index < -0.39 is 6.09 Å². The van der Waals surface area contributed by atoms with Gasteiger partial charge in [0.15, 0.2) is 5.82 Å². The summed E-state index contributed by atoms with van der Waals surface area (Å²) >= 11 is 0. The van der Waals surface area contributed by atoms with Gasteiger partial charge in [0, 0.05) is 19.2 Å². The summed E-state index contributed by atoms with van der Waals surface area (Å²) in [5.41, 5.74) is 2.02. The van der Waals surface area contributed by atoms with Crippen LogP contribution in [0.2, 0.25) is 0 Å². The second-order valence-corrected chi connectivity index (χ2v) is 4.61. The zero-order valence-corrected chi connectivity index (χ0v) is 12.2. The Morgan fingerprint density at radius 3 is 2.95 bits per heavy atom. The Balaban J connectivity index is 0.00000161. The topological polar surface area (TPSA) is 68.2 Å². The lowest BCUT2D eigenvalue weighted by atomic mass is 10.2. The molecule has 1 aliphatic heterocycles. The SMILES string of the molecule is Cl.O=C(Nc1cc2n(n1)CCNC2)OCc1ccccc1. The van der Waals surface area contributed by atoms with Crippen molar-refractivity contribution < 1.29 is 9.53 Å². The molecule has 0 radical (unpaired) electrons. The lowest BCUT2D eigenvalue weighted by molar-refractivity contribution is 0.155. The average molecular weight is 309 g/mol. The molecular formula is C14H17ClN4O2. The number of hydrogen-bond donors (Lipinski definition) is 2. The summed E-state index contributed by atoms with van der Waals surface area (Å²) in [7, 11) is 0.